The Morgan fingerprint density at radius 1 is 0.941 bits per heavy atom. The van der Waals surface area contributed by atoms with Crippen LogP contribution in [0.2, 0.25) is 0 Å². The summed E-state index contributed by atoms with van der Waals surface area (Å²) in [5.41, 5.74) is 5.68. The van der Waals surface area contributed by atoms with E-state index in [1.165, 1.54) is 22.4 Å². The van der Waals surface area contributed by atoms with Crippen LogP contribution in [0.1, 0.15) is 36.1 Å². The molecule has 2 aliphatic rings. The smallest absolute Gasteiger partial charge is 0.313 e. The number of benzene rings is 2. The van der Waals surface area contributed by atoms with Crippen molar-refractivity contribution >= 4 is 23.2 Å². The average molecular weight is 464 g/mol. The lowest BCUT2D eigenvalue weighted by Gasteiger charge is -2.39. The summed E-state index contributed by atoms with van der Waals surface area (Å²) in [6, 6.07) is 14.3. The van der Waals surface area contributed by atoms with Gasteiger partial charge in [0.05, 0.1) is 6.04 Å². The molecule has 2 amide bonds. The van der Waals surface area contributed by atoms with Crippen molar-refractivity contribution in [1.82, 2.24) is 15.1 Å². The number of carbonyl (C=O) groups excluding carboxylic acids is 2. The van der Waals surface area contributed by atoms with E-state index < -0.39 is 11.8 Å². The Balaban J connectivity index is 1.45. The maximum atomic E-state index is 12.7. The van der Waals surface area contributed by atoms with Gasteiger partial charge in [-0.15, -0.1) is 0 Å². The number of hydrogen-bond donors (Lipinski definition) is 2. The molecular formula is C27H37N5O2. The first-order valence-electron chi connectivity index (χ1n) is 12.4. The summed E-state index contributed by atoms with van der Waals surface area (Å²) in [6.45, 7) is 7.42. The molecule has 7 nitrogen and oxygen atoms in total. The van der Waals surface area contributed by atoms with E-state index in [0.717, 1.165) is 52.0 Å². The normalized spacial score (nSPS) is 17.7. The molecule has 34 heavy (non-hydrogen) atoms. The Hall–Kier alpha value is -2.90. The molecule has 0 spiro atoms. The fourth-order valence-corrected chi connectivity index (χ4v) is 4.89. The zero-order valence-corrected chi connectivity index (χ0v) is 20.6. The molecule has 4 rings (SSSR count). The summed E-state index contributed by atoms with van der Waals surface area (Å²) in [7, 11) is 4.28. The lowest BCUT2D eigenvalue weighted by Crippen LogP contribution is -2.49. The van der Waals surface area contributed by atoms with E-state index in [9.17, 15) is 9.59 Å². The number of rotatable bonds is 6. The fraction of sp³-hybridized carbons (Fsp3) is 0.481. The van der Waals surface area contributed by atoms with Gasteiger partial charge >= 0.3 is 11.8 Å². The van der Waals surface area contributed by atoms with Crippen LogP contribution in [0.3, 0.4) is 0 Å². The summed E-state index contributed by atoms with van der Waals surface area (Å²) in [5.74, 6) is -1.23. The van der Waals surface area contributed by atoms with E-state index in [1.807, 2.05) is 24.3 Å². The third-order valence-corrected chi connectivity index (χ3v) is 7.10. The predicted octanol–water partition coefficient (Wildman–Crippen LogP) is 2.67. The number of nitrogens with one attached hydrogen (secondary N) is 2. The van der Waals surface area contributed by atoms with Crippen molar-refractivity contribution in [3.8, 4) is 0 Å². The Kier molecular flexibility index (Phi) is 7.85. The van der Waals surface area contributed by atoms with Crippen molar-refractivity contribution in [3.05, 3.63) is 59.2 Å². The van der Waals surface area contributed by atoms with Gasteiger partial charge in [0.2, 0.25) is 0 Å². The van der Waals surface area contributed by atoms with Gasteiger partial charge in [-0.1, -0.05) is 31.2 Å². The van der Waals surface area contributed by atoms with Gasteiger partial charge in [0.25, 0.3) is 0 Å². The third-order valence-electron chi connectivity index (χ3n) is 7.10. The van der Waals surface area contributed by atoms with Crippen LogP contribution >= 0.6 is 0 Å². The molecule has 1 saturated heterocycles. The van der Waals surface area contributed by atoms with Gasteiger partial charge in [0, 0.05) is 57.7 Å². The van der Waals surface area contributed by atoms with Crippen molar-refractivity contribution in [1.29, 1.82) is 0 Å². The summed E-state index contributed by atoms with van der Waals surface area (Å²) in [4.78, 5) is 32.2. The molecule has 0 saturated carbocycles. The van der Waals surface area contributed by atoms with Crippen molar-refractivity contribution < 1.29 is 9.59 Å². The SMILES string of the molecule is CCc1ccc(NC(=O)C(=O)NC[C@@H](c2ccc3c(c2)CCCN3C)N2CCN(C)CC2)cc1. The maximum absolute atomic E-state index is 12.7. The molecule has 7 heteroatoms. The number of anilines is 2. The monoisotopic (exact) mass is 463 g/mol. The molecule has 2 aromatic carbocycles. The van der Waals surface area contributed by atoms with E-state index in [-0.39, 0.29) is 6.04 Å². The van der Waals surface area contributed by atoms with Crippen LogP contribution in [0.15, 0.2) is 42.5 Å². The topological polar surface area (TPSA) is 67.9 Å². The van der Waals surface area contributed by atoms with Crippen LogP contribution in [-0.2, 0) is 22.4 Å². The van der Waals surface area contributed by atoms with E-state index in [4.69, 9.17) is 0 Å². The fourth-order valence-electron chi connectivity index (χ4n) is 4.89. The molecule has 0 bridgehead atoms. The zero-order valence-electron chi connectivity index (χ0n) is 20.6. The minimum atomic E-state index is -0.631. The summed E-state index contributed by atoms with van der Waals surface area (Å²) in [5, 5.41) is 5.62. The Morgan fingerprint density at radius 3 is 2.38 bits per heavy atom. The Labute approximate surface area is 203 Å². The van der Waals surface area contributed by atoms with Gasteiger partial charge in [0.15, 0.2) is 0 Å². The van der Waals surface area contributed by atoms with Crippen molar-refractivity contribution in [3.63, 3.8) is 0 Å². The lowest BCUT2D eigenvalue weighted by atomic mass is 9.95. The Bertz CT molecular complexity index is 999. The number of amides is 2. The number of carbonyl (C=O) groups is 2. The van der Waals surface area contributed by atoms with Crippen molar-refractivity contribution in [2.75, 3.05) is 63.6 Å². The predicted molar refractivity (Wildman–Crippen MR) is 137 cm³/mol. The van der Waals surface area contributed by atoms with Crippen molar-refractivity contribution in [2.24, 2.45) is 0 Å². The van der Waals surface area contributed by atoms with Gasteiger partial charge in [-0.2, -0.15) is 0 Å². The molecule has 1 atom stereocenters. The first-order chi connectivity index (χ1) is 16.4. The number of fused-ring (bicyclic) bond motifs is 1. The van der Waals surface area contributed by atoms with E-state index in [0.29, 0.717) is 12.2 Å². The minimum Gasteiger partial charge on any atom is -0.374 e. The molecule has 2 aromatic rings. The number of likely N-dealkylation sites (N-methyl/N-ethyl adjacent to an activating group) is 1. The van der Waals surface area contributed by atoms with Gasteiger partial charge in [0.1, 0.15) is 0 Å². The van der Waals surface area contributed by atoms with Gasteiger partial charge in [-0.3, -0.25) is 14.5 Å². The molecule has 0 aromatic heterocycles. The standard InChI is InChI=1S/C27H37N5O2/c1-4-20-7-10-23(11-8-20)29-27(34)26(33)28-19-25(32-16-14-30(2)15-17-32)22-9-12-24-21(18-22)6-5-13-31(24)3/h7-12,18,25H,4-6,13-17,19H2,1-3H3,(H,28,33)(H,29,34)/t25-/m0/s1. The van der Waals surface area contributed by atoms with Crippen LogP contribution in [0.5, 0.6) is 0 Å². The second-order valence-corrected chi connectivity index (χ2v) is 9.48. The molecule has 0 aliphatic carbocycles. The number of nitrogens with zero attached hydrogens (tertiary/aromatic N) is 3. The van der Waals surface area contributed by atoms with Crippen LogP contribution < -0.4 is 15.5 Å². The quantitative estimate of drug-likeness (QED) is 0.645. The number of hydrogen-bond acceptors (Lipinski definition) is 5. The summed E-state index contributed by atoms with van der Waals surface area (Å²) < 4.78 is 0. The highest BCUT2D eigenvalue weighted by Gasteiger charge is 2.27. The minimum absolute atomic E-state index is 0.0341. The molecule has 0 radical (unpaired) electrons. The van der Waals surface area contributed by atoms with E-state index in [2.05, 4.69) is 64.6 Å². The first-order valence-corrected chi connectivity index (χ1v) is 12.4. The first kappa shape index (κ1) is 24.2. The molecule has 0 unspecified atom stereocenters. The number of piperazine rings is 1. The average Bonchev–Trinajstić information content (AvgIpc) is 2.85. The molecule has 182 valence electrons. The van der Waals surface area contributed by atoms with Crippen LogP contribution in [0.4, 0.5) is 11.4 Å². The van der Waals surface area contributed by atoms with Crippen LogP contribution in [0.25, 0.3) is 0 Å². The van der Waals surface area contributed by atoms with E-state index >= 15 is 0 Å². The van der Waals surface area contributed by atoms with Crippen LogP contribution in [-0.4, -0.2) is 75.0 Å². The lowest BCUT2D eigenvalue weighted by molar-refractivity contribution is -0.136. The summed E-state index contributed by atoms with van der Waals surface area (Å²) in [6.07, 6.45) is 3.16. The van der Waals surface area contributed by atoms with Crippen LogP contribution in [0, 0.1) is 0 Å². The highest BCUT2D eigenvalue weighted by Crippen LogP contribution is 2.31. The Morgan fingerprint density at radius 2 is 1.68 bits per heavy atom. The molecule has 1 fully saturated rings. The highest BCUT2D eigenvalue weighted by molar-refractivity contribution is 6.39. The van der Waals surface area contributed by atoms with Gasteiger partial charge < -0.3 is 20.4 Å². The second-order valence-electron chi connectivity index (χ2n) is 9.48. The van der Waals surface area contributed by atoms with Crippen molar-refractivity contribution in [2.45, 2.75) is 32.2 Å². The van der Waals surface area contributed by atoms with Gasteiger partial charge in [-0.25, -0.2) is 0 Å². The molecule has 2 N–H and O–H groups in total. The third kappa shape index (κ3) is 5.77. The maximum Gasteiger partial charge on any atom is 0.313 e. The highest BCUT2D eigenvalue weighted by atomic mass is 16.2. The van der Waals surface area contributed by atoms with E-state index in [1.54, 1.807) is 0 Å². The zero-order chi connectivity index (χ0) is 24.1. The molecular weight excluding hydrogens is 426 g/mol. The second kappa shape index (κ2) is 11.0. The van der Waals surface area contributed by atoms with Gasteiger partial charge in [-0.05, 0) is 61.2 Å². The molecule has 2 heterocycles. The summed E-state index contributed by atoms with van der Waals surface area (Å²) >= 11 is 0. The number of aryl methyl sites for hydroxylation is 2. The largest absolute Gasteiger partial charge is 0.374 e. The molecule has 2 aliphatic heterocycles.